The predicted molar refractivity (Wildman–Crippen MR) is 60.0 cm³/mol. The minimum atomic E-state index is -1.28. The number of Topliss-reactive ketones (excluding diaryl/α,β-unsaturated/α-hetero) is 1. The van der Waals surface area contributed by atoms with Gasteiger partial charge in [-0.2, -0.15) is 0 Å². The van der Waals surface area contributed by atoms with Crippen LogP contribution in [0.1, 0.15) is 19.8 Å². The van der Waals surface area contributed by atoms with E-state index in [1.807, 2.05) is 0 Å². The van der Waals surface area contributed by atoms with Gasteiger partial charge in [-0.05, 0) is 24.6 Å². The summed E-state index contributed by atoms with van der Waals surface area (Å²) in [5, 5.41) is -0.158. The lowest BCUT2D eigenvalue weighted by atomic mass is 10.1. The number of rotatable bonds is 2. The third-order valence-corrected chi connectivity index (χ3v) is 4.96. The maximum atomic E-state index is 13.0. The Kier molecular flexibility index (Phi) is 3.19. The zero-order valence-corrected chi connectivity index (χ0v) is 9.80. The van der Waals surface area contributed by atoms with E-state index in [2.05, 4.69) is 0 Å². The third-order valence-electron chi connectivity index (χ3n) is 3.04. The summed E-state index contributed by atoms with van der Waals surface area (Å²) < 4.78 is 25.1. The van der Waals surface area contributed by atoms with Crippen LogP contribution in [0.5, 0.6) is 0 Å². The van der Waals surface area contributed by atoms with E-state index in [1.165, 1.54) is 12.1 Å². The lowest BCUT2D eigenvalue weighted by molar-refractivity contribution is -0.120. The molecule has 0 radical (unpaired) electrons. The fourth-order valence-electron chi connectivity index (χ4n) is 2.03. The largest absolute Gasteiger partial charge is 0.299 e. The van der Waals surface area contributed by atoms with Crippen LogP contribution in [0.15, 0.2) is 29.2 Å². The summed E-state index contributed by atoms with van der Waals surface area (Å²) in [4.78, 5) is 11.9. The summed E-state index contributed by atoms with van der Waals surface area (Å²) >= 11 is 0. The molecule has 0 bridgehead atoms. The number of hydrogen-bond acceptors (Lipinski definition) is 2. The summed E-state index contributed by atoms with van der Waals surface area (Å²) in [6, 6.07) is 5.80. The SMILES string of the molecule is CC1C(=O)CCC1S(=O)c1cccc(F)c1. The molecule has 1 aliphatic carbocycles. The van der Waals surface area contributed by atoms with Crippen molar-refractivity contribution in [3.05, 3.63) is 30.1 Å². The number of ketones is 1. The van der Waals surface area contributed by atoms with Crippen molar-refractivity contribution in [2.75, 3.05) is 0 Å². The van der Waals surface area contributed by atoms with Crippen LogP contribution < -0.4 is 0 Å². The zero-order chi connectivity index (χ0) is 11.7. The maximum Gasteiger partial charge on any atom is 0.136 e. The Labute approximate surface area is 96.3 Å². The molecule has 0 heterocycles. The molecule has 86 valence electrons. The van der Waals surface area contributed by atoms with Crippen LogP contribution in [0.25, 0.3) is 0 Å². The fourth-order valence-corrected chi connectivity index (χ4v) is 3.67. The highest BCUT2D eigenvalue weighted by Gasteiger charge is 2.35. The Morgan fingerprint density at radius 1 is 1.44 bits per heavy atom. The molecule has 16 heavy (non-hydrogen) atoms. The average molecular weight is 240 g/mol. The molecule has 0 aromatic heterocycles. The Balaban J connectivity index is 2.23. The van der Waals surface area contributed by atoms with Crippen molar-refractivity contribution >= 4 is 16.6 Å². The molecule has 1 saturated carbocycles. The van der Waals surface area contributed by atoms with E-state index in [4.69, 9.17) is 0 Å². The van der Waals surface area contributed by atoms with Gasteiger partial charge in [0.05, 0.1) is 10.8 Å². The molecule has 0 amide bonds. The second kappa shape index (κ2) is 4.45. The monoisotopic (exact) mass is 240 g/mol. The summed E-state index contributed by atoms with van der Waals surface area (Å²) in [7, 11) is -1.28. The van der Waals surface area contributed by atoms with Gasteiger partial charge in [-0.15, -0.1) is 0 Å². The number of benzene rings is 1. The van der Waals surface area contributed by atoms with Gasteiger partial charge in [-0.25, -0.2) is 4.39 Å². The van der Waals surface area contributed by atoms with Crippen LogP contribution in [0.4, 0.5) is 4.39 Å². The second-order valence-corrected chi connectivity index (χ2v) is 5.76. The summed E-state index contributed by atoms with van der Waals surface area (Å²) in [6.45, 7) is 1.80. The first-order chi connectivity index (χ1) is 7.59. The van der Waals surface area contributed by atoms with Crippen LogP contribution in [0.2, 0.25) is 0 Å². The van der Waals surface area contributed by atoms with Crippen LogP contribution >= 0.6 is 0 Å². The summed E-state index contributed by atoms with van der Waals surface area (Å²) in [6.07, 6.45) is 1.13. The first kappa shape index (κ1) is 11.5. The topological polar surface area (TPSA) is 34.1 Å². The number of carbonyl (C=O) groups is 1. The van der Waals surface area contributed by atoms with Crippen molar-refractivity contribution in [1.82, 2.24) is 0 Å². The van der Waals surface area contributed by atoms with Crippen molar-refractivity contribution in [1.29, 1.82) is 0 Å². The second-order valence-electron chi connectivity index (χ2n) is 4.09. The van der Waals surface area contributed by atoms with Crippen molar-refractivity contribution < 1.29 is 13.4 Å². The van der Waals surface area contributed by atoms with E-state index in [1.54, 1.807) is 19.1 Å². The minimum absolute atomic E-state index is 0.158. The molecule has 2 rings (SSSR count). The first-order valence-electron chi connectivity index (χ1n) is 5.28. The molecule has 0 aliphatic heterocycles. The average Bonchev–Trinajstić information content (AvgIpc) is 2.59. The third kappa shape index (κ3) is 2.07. The van der Waals surface area contributed by atoms with Gasteiger partial charge in [-0.3, -0.25) is 9.00 Å². The van der Waals surface area contributed by atoms with Crippen LogP contribution in [0.3, 0.4) is 0 Å². The Hall–Kier alpha value is -1.03. The Bertz CT molecular complexity index is 444. The van der Waals surface area contributed by atoms with E-state index in [-0.39, 0.29) is 22.8 Å². The van der Waals surface area contributed by atoms with E-state index in [9.17, 15) is 13.4 Å². The molecule has 1 fully saturated rings. The van der Waals surface area contributed by atoms with Gasteiger partial charge in [0.15, 0.2) is 0 Å². The lowest BCUT2D eigenvalue weighted by Gasteiger charge is -2.13. The molecule has 0 saturated heterocycles. The Morgan fingerprint density at radius 3 is 2.75 bits per heavy atom. The molecule has 1 aromatic carbocycles. The van der Waals surface area contributed by atoms with Crippen molar-refractivity contribution in [3.8, 4) is 0 Å². The molecule has 0 N–H and O–H groups in total. The molecule has 0 spiro atoms. The summed E-state index contributed by atoms with van der Waals surface area (Å²) in [5.41, 5.74) is 0. The van der Waals surface area contributed by atoms with Gasteiger partial charge in [-0.1, -0.05) is 13.0 Å². The van der Waals surface area contributed by atoms with Crippen molar-refractivity contribution in [2.24, 2.45) is 5.92 Å². The summed E-state index contributed by atoms with van der Waals surface area (Å²) in [5.74, 6) is -0.401. The van der Waals surface area contributed by atoms with Gasteiger partial charge in [0.25, 0.3) is 0 Å². The van der Waals surface area contributed by atoms with Crippen LogP contribution in [-0.4, -0.2) is 15.2 Å². The van der Waals surface area contributed by atoms with E-state index >= 15 is 0 Å². The van der Waals surface area contributed by atoms with Gasteiger partial charge in [0, 0.05) is 22.5 Å². The lowest BCUT2D eigenvalue weighted by Crippen LogP contribution is -2.21. The van der Waals surface area contributed by atoms with Gasteiger partial charge < -0.3 is 0 Å². The standard InChI is InChI=1S/C12H13FO2S/c1-8-11(14)5-6-12(8)16(15)10-4-2-3-9(13)7-10/h2-4,7-8,12H,5-6H2,1H3. The van der Waals surface area contributed by atoms with Crippen molar-refractivity contribution in [3.63, 3.8) is 0 Å². The first-order valence-corrected chi connectivity index (χ1v) is 6.50. The minimum Gasteiger partial charge on any atom is -0.299 e. The highest BCUT2D eigenvalue weighted by Crippen LogP contribution is 2.29. The van der Waals surface area contributed by atoms with Gasteiger partial charge in [0.1, 0.15) is 11.6 Å². The molecule has 3 atom stereocenters. The Morgan fingerprint density at radius 2 is 2.19 bits per heavy atom. The molecule has 4 heteroatoms. The maximum absolute atomic E-state index is 13.0. The fraction of sp³-hybridized carbons (Fsp3) is 0.417. The van der Waals surface area contributed by atoms with Gasteiger partial charge >= 0.3 is 0 Å². The molecule has 2 nitrogen and oxygen atoms in total. The normalized spacial score (nSPS) is 27.0. The quantitative estimate of drug-likeness (QED) is 0.795. The number of carbonyl (C=O) groups excluding carboxylic acids is 1. The van der Waals surface area contributed by atoms with Crippen molar-refractivity contribution in [2.45, 2.75) is 29.9 Å². The van der Waals surface area contributed by atoms with Gasteiger partial charge in [0.2, 0.25) is 0 Å². The highest BCUT2D eigenvalue weighted by atomic mass is 32.2. The smallest absolute Gasteiger partial charge is 0.136 e. The predicted octanol–water partition coefficient (Wildman–Crippen LogP) is 2.30. The number of halogens is 1. The molecule has 1 aromatic rings. The molecule has 1 aliphatic rings. The van der Waals surface area contributed by atoms with E-state index in [0.29, 0.717) is 17.7 Å². The van der Waals surface area contributed by atoms with Crippen LogP contribution in [-0.2, 0) is 15.6 Å². The number of hydrogen-bond donors (Lipinski definition) is 0. The van der Waals surface area contributed by atoms with E-state index < -0.39 is 10.8 Å². The van der Waals surface area contributed by atoms with Crippen LogP contribution in [0, 0.1) is 11.7 Å². The molecular formula is C12H13FO2S. The molecule has 3 unspecified atom stereocenters. The van der Waals surface area contributed by atoms with E-state index in [0.717, 1.165) is 0 Å². The zero-order valence-electron chi connectivity index (χ0n) is 8.98. The highest BCUT2D eigenvalue weighted by molar-refractivity contribution is 7.85. The molecular weight excluding hydrogens is 227 g/mol.